The van der Waals surface area contributed by atoms with Gasteiger partial charge in [0.2, 0.25) is 0 Å². The standard InChI is InChI=1S/C24H23ClN4O2/c25-20-8-6-18(7-9-20)21-16-22-24(30)28(11-10-27-12-14-31-15-13-27)23(17-29(22)26-21)19-4-2-1-3-5-19/h1-9,16-17H,10-15H2. The minimum absolute atomic E-state index is 0.0395. The van der Waals surface area contributed by atoms with Crippen LogP contribution in [0.15, 0.2) is 71.7 Å². The van der Waals surface area contributed by atoms with E-state index < -0.39 is 0 Å². The summed E-state index contributed by atoms with van der Waals surface area (Å²) in [5.74, 6) is 0. The summed E-state index contributed by atoms with van der Waals surface area (Å²) in [5, 5.41) is 5.35. The molecule has 31 heavy (non-hydrogen) atoms. The van der Waals surface area contributed by atoms with Crippen LogP contribution in [0.4, 0.5) is 0 Å². The van der Waals surface area contributed by atoms with Crippen LogP contribution in [0.5, 0.6) is 0 Å². The van der Waals surface area contributed by atoms with E-state index in [2.05, 4.69) is 10.00 Å². The quantitative estimate of drug-likeness (QED) is 0.479. The number of hydrogen-bond acceptors (Lipinski definition) is 4. The third kappa shape index (κ3) is 4.14. The molecule has 158 valence electrons. The highest BCUT2D eigenvalue weighted by atomic mass is 35.5. The molecule has 1 aliphatic heterocycles. The zero-order chi connectivity index (χ0) is 21.2. The number of ether oxygens (including phenoxy) is 1. The van der Waals surface area contributed by atoms with Gasteiger partial charge in [-0.2, -0.15) is 5.10 Å². The summed E-state index contributed by atoms with van der Waals surface area (Å²) in [6.45, 7) is 4.69. The molecule has 0 aliphatic carbocycles. The van der Waals surface area contributed by atoms with Crippen molar-refractivity contribution in [3.05, 3.63) is 82.2 Å². The Kier molecular flexibility index (Phi) is 5.59. The number of nitrogens with zero attached hydrogens (tertiary/aromatic N) is 4. The molecule has 0 radical (unpaired) electrons. The van der Waals surface area contributed by atoms with Crippen molar-refractivity contribution < 1.29 is 4.74 Å². The van der Waals surface area contributed by atoms with Gasteiger partial charge in [0.1, 0.15) is 5.52 Å². The average Bonchev–Trinajstić information content (AvgIpc) is 3.25. The molecular formula is C24H23ClN4O2. The number of aromatic nitrogens is 3. The highest BCUT2D eigenvalue weighted by Gasteiger charge is 2.16. The summed E-state index contributed by atoms with van der Waals surface area (Å²) in [5.41, 5.74) is 4.05. The van der Waals surface area contributed by atoms with Crippen LogP contribution < -0.4 is 5.56 Å². The summed E-state index contributed by atoms with van der Waals surface area (Å²) in [6.07, 6.45) is 1.95. The monoisotopic (exact) mass is 434 g/mol. The molecule has 0 N–H and O–H groups in total. The molecule has 1 fully saturated rings. The average molecular weight is 435 g/mol. The fourth-order valence-corrected chi connectivity index (χ4v) is 4.10. The Labute approximate surface area is 185 Å². The molecule has 0 bridgehead atoms. The predicted octanol–water partition coefficient (Wildman–Crippen LogP) is 3.82. The molecule has 1 aliphatic rings. The molecule has 5 rings (SSSR count). The van der Waals surface area contributed by atoms with Gasteiger partial charge in [-0.1, -0.05) is 54.1 Å². The number of benzene rings is 2. The van der Waals surface area contributed by atoms with E-state index in [1.807, 2.05) is 71.4 Å². The van der Waals surface area contributed by atoms with Crippen molar-refractivity contribution >= 4 is 17.1 Å². The first-order chi connectivity index (χ1) is 15.2. The Morgan fingerprint density at radius 2 is 1.68 bits per heavy atom. The maximum Gasteiger partial charge on any atom is 0.277 e. The SMILES string of the molecule is O=c1c2cc(-c3ccc(Cl)cc3)nn2cc(-c2ccccc2)n1CCN1CCOCC1. The molecule has 1 saturated heterocycles. The third-order valence-electron chi connectivity index (χ3n) is 5.69. The van der Waals surface area contributed by atoms with Crippen LogP contribution in [0.3, 0.4) is 0 Å². The van der Waals surface area contributed by atoms with Crippen LogP contribution in [0.25, 0.3) is 28.0 Å². The summed E-state index contributed by atoms with van der Waals surface area (Å²) >= 11 is 6.02. The summed E-state index contributed by atoms with van der Waals surface area (Å²) in [6, 6.07) is 19.3. The topological polar surface area (TPSA) is 51.8 Å². The van der Waals surface area contributed by atoms with E-state index in [1.165, 1.54) is 0 Å². The van der Waals surface area contributed by atoms with Gasteiger partial charge in [-0.3, -0.25) is 9.69 Å². The molecule has 2 aromatic carbocycles. The molecule has 0 spiro atoms. The lowest BCUT2D eigenvalue weighted by molar-refractivity contribution is 0.0363. The Morgan fingerprint density at radius 3 is 2.42 bits per heavy atom. The highest BCUT2D eigenvalue weighted by molar-refractivity contribution is 6.30. The first-order valence-corrected chi connectivity index (χ1v) is 10.8. The number of morpholine rings is 1. The van der Waals surface area contributed by atoms with Crippen molar-refractivity contribution in [2.75, 3.05) is 32.8 Å². The zero-order valence-electron chi connectivity index (χ0n) is 17.1. The number of halogens is 1. The van der Waals surface area contributed by atoms with Crippen molar-refractivity contribution in [3.63, 3.8) is 0 Å². The maximum absolute atomic E-state index is 13.5. The largest absolute Gasteiger partial charge is 0.379 e. The van der Waals surface area contributed by atoms with Gasteiger partial charge in [0, 0.05) is 36.8 Å². The van der Waals surface area contributed by atoms with Crippen LogP contribution in [0.1, 0.15) is 0 Å². The molecule has 0 unspecified atom stereocenters. The van der Waals surface area contributed by atoms with Crippen LogP contribution >= 0.6 is 11.6 Å². The highest BCUT2D eigenvalue weighted by Crippen LogP contribution is 2.23. The predicted molar refractivity (Wildman–Crippen MR) is 123 cm³/mol. The van der Waals surface area contributed by atoms with E-state index in [-0.39, 0.29) is 5.56 Å². The third-order valence-corrected chi connectivity index (χ3v) is 5.94. The van der Waals surface area contributed by atoms with Gasteiger partial charge in [0.25, 0.3) is 5.56 Å². The van der Waals surface area contributed by atoms with Crippen LogP contribution in [0, 0.1) is 0 Å². The second-order valence-electron chi connectivity index (χ2n) is 7.66. The van der Waals surface area contributed by atoms with Crippen molar-refractivity contribution in [1.29, 1.82) is 0 Å². The van der Waals surface area contributed by atoms with Crippen molar-refractivity contribution in [1.82, 2.24) is 19.1 Å². The van der Waals surface area contributed by atoms with E-state index in [1.54, 1.807) is 4.52 Å². The fraction of sp³-hybridized carbons (Fsp3) is 0.250. The first-order valence-electron chi connectivity index (χ1n) is 10.4. The second kappa shape index (κ2) is 8.67. The Balaban J connectivity index is 1.59. The van der Waals surface area contributed by atoms with Gasteiger partial charge in [0.05, 0.1) is 30.8 Å². The summed E-state index contributed by atoms with van der Waals surface area (Å²) in [7, 11) is 0. The maximum atomic E-state index is 13.5. The van der Waals surface area contributed by atoms with Gasteiger partial charge in [-0.25, -0.2) is 4.52 Å². The van der Waals surface area contributed by atoms with E-state index in [0.29, 0.717) is 17.1 Å². The molecular weight excluding hydrogens is 412 g/mol. The first kappa shape index (κ1) is 20.0. The van der Waals surface area contributed by atoms with Crippen LogP contribution in [-0.4, -0.2) is 51.9 Å². The second-order valence-corrected chi connectivity index (χ2v) is 8.09. The van der Waals surface area contributed by atoms with Gasteiger partial charge in [-0.15, -0.1) is 0 Å². The van der Waals surface area contributed by atoms with Gasteiger partial charge < -0.3 is 9.30 Å². The Morgan fingerprint density at radius 1 is 0.935 bits per heavy atom. The Bertz CT molecular complexity index is 1240. The lowest BCUT2D eigenvalue weighted by atomic mass is 10.1. The zero-order valence-corrected chi connectivity index (χ0v) is 17.8. The van der Waals surface area contributed by atoms with Crippen molar-refractivity contribution in [3.8, 4) is 22.5 Å². The molecule has 2 aromatic heterocycles. The fourth-order valence-electron chi connectivity index (χ4n) is 3.97. The van der Waals surface area contributed by atoms with E-state index in [9.17, 15) is 4.79 Å². The minimum atomic E-state index is -0.0395. The number of rotatable bonds is 5. The molecule has 3 heterocycles. The molecule has 6 nitrogen and oxygen atoms in total. The van der Waals surface area contributed by atoms with Crippen LogP contribution in [-0.2, 0) is 11.3 Å². The van der Waals surface area contributed by atoms with Crippen LogP contribution in [0.2, 0.25) is 5.02 Å². The van der Waals surface area contributed by atoms with Gasteiger partial charge in [0.15, 0.2) is 0 Å². The van der Waals surface area contributed by atoms with E-state index in [0.717, 1.165) is 55.4 Å². The smallest absolute Gasteiger partial charge is 0.277 e. The van der Waals surface area contributed by atoms with Crippen molar-refractivity contribution in [2.45, 2.75) is 6.54 Å². The molecule has 0 atom stereocenters. The number of fused-ring (bicyclic) bond motifs is 1. The van der Waals surface area contributed by atoms with Crippen molar-refractivity contribution in [2.24, 2.45) is 0 Å². The molecule has 7 heteroatoms. The lowest BCUT2D eigenvalue weighted by Crippen LogP contribution is -2.39. The summed E-state index contributed by atoms with van der Waals surface area (Å²) in [4.78, 5) is 15.9. The summed E-state index contributed by atoms with van der Waals surface area (Å²) < 4.78 is 9.01. The normalized spacial score (nSPS) is 14.9. The molecule has 0 amide bonds. The van der Waals surface area contributed by atoms with E-state index >= 15 is 0 Å². The Hall–Kier alpha value is -2.93. The van der Waals surface area contributed by atoms with E-state index in [4.69, 9.17) is 16.3 Å². The minimum Gasteiger partial charge on any atom is -0.379 e. The van der Waals surface area contributed by atoms with Gasteiger partial charge >= 0.3 is 0 Å². The lowest BCUT2D eigenvalue weighted by Gasteiger charge is -2.27. The molecule has 4 aromatic rings. The number of hydrogen-bond donors (Lipinski definition) is 0. The van der Waals surface area contributed by atoms with Gasteiger partial charge in [-0.05, 0) is 23.8 Å². The molecule has 0 saturated carbocycles.